The van der Waals surface area contributed by atoms with Crippen LogP contribution in [0.3, 0.4) is 0 Å². The van der Waals surface area contributed by atoms with Gasteiger partial charge in [0.2, 0.25) is 0 Å². The number of aliphatic hydroxyl groups excluding tert-OH is 1. The van der Waals surface area contributed by atoms with E-state index in [1.54, 1.807) is 68.0 Å². The number of aliphatic hydroxyl groups is 1. The number of nitrogens with zero attached hydrogens (tertiary/aromatic N) is 2. The standard InChI is InChI=1S/C24H20N2O4/c1-15-5-7-16(8-6-15)22(27)20-21(17-4-3-13-25-14-17)26(24(29)23(20)28)18-9-11-19(30-2)12-10-18/h3-14,21,27H,1-2H3/t21-/m0/s1. The first-order valence-corrected chi connectivity index (χ1v) is 9.43. The van der Waals surface area contributed by atoms with E-state index in [2.05, 4.69) is 4.98 Å². The van der Waals surface area contributed by atoms with E-state index in [4.69, 9.17) is 4.74 Å². The molecule has 0 saturated carbocycles. The van der Waals surface area contributed by atoms with Crippen molar-refractivity contribution in [1.82, 2.24) is 4.98 Å². The van der Waals surface area contributed by atoms with Gasteiger partial charge in [0.1, 0.15) is 11.5 Å². The third-order valence-corrected chi connectivity index (χ3v) is 5.12. The summed E-state index contributed by atoms with van der Waals surface area (Å²) in [6, 6.07) is 16.7. The van der Waals surface area contributed by atoms with Gasteiger partial charge in [0.25, 0.3) is 11.7 Å². The van der Waals surface area contributed by atoms with E-state index in [-0.39, 0.29) is 11.3 Å². The van der Waals surface area contributed by atoms with Gasteiger partial charge in [-0.05, 0) is 42.8 Å². The molecule has 1 amide bonds. The second-order valence-electron chi connectivity index (χ2n) is 7.02. The Morgan fingerprint density at radius 3 is 2.33 bits per heavy atom. The predicted molar refractivity (Wildman–Crippen MR) is 113 cm³/mol. The van der Waals surface area contributed by atoms with Crippen molar-refractivity contribution in [3.63, 3.8) is 0 Å². The van der Waals surface area contributed by atoms with Crippen LogP contribution in [0.1, 0.15) is 22.7 Å². The zero-order valence-corrected chi connectivity index (χ0v) is 16.6. The normalized spacial score (nSPS) is 17.9. The molecule has 1 saturated heterocycles. The Hall–Kier alpha value is -3.93. The van der Waals surface area contributed by atoms with Crippen molar-refractivity contribution in [2.45, 2.75) is 13.0 Å². The van der Waals surface area contributed by atoms with E-state index < -0.39 is 17.7 Å². The van der Waals surface area contributed by atoms with Gasteiger partial charge in [-0.3, -0.25) is 19.5 Å². The van der Waals surface area contributed by atoms with Crippen LogP contribution in [0, 0.1) is 6.92 Å². The molecule has 0 bridgehead atoms. The number of amides is 1. The van der Waals surface area contributed by atoms with Crippen molar-refractivity contribution in [2.24, 2.45) is 0 Å². The molecule has 150 valence electrons. The summed E-state index contributed by atoms with van der Waals surface area (Å²) in [4.78, 5) is 31.6. The summed E-state index contributed by atoms with van der Waals surface area (Å²) in [6.07, 6.45) is 3.21. The Labute approximate surface area is 174 Å². The van der Waals surface area contributed by atoms with Crippen molar-refractivity contribution >= 4 is 23.1 Å². The average molecular weight is 400 g/mol. The van der Waals surface area contributed by atoms with Crippen LogP contribution in [-0.4, -0.2) is 28.9 Å². The van der Waals surface area contributed by atoms with E-state index in [0.29, 0.717) is 22.6 Å². The summed E-state index contributed by atoms with van der Waals surface area (Å²) in [5, 5.41) is 11.0. The molecule has 0 aliphatic carbocycles. The van der Waals surface area contributed by atoms with Gasteiger partial charge in [0.15, 0.2) is 0 Å². The fourth-order valence-electron chi connectivity index (χ4n) is 3.56. The highest BCUT2D eigenvalue weighted by molar-refractivity contribution is 6.51. The molecule has 30 heavy (non-hydrogen) atoms. The lowest BCUT2D eigenvalue weighted by Gasteiger charge is -2.25. The number of ketones is 1. The molecular weight excluding hydrogens is 380 g/mol. The number of aryl methyl sites for hydroxylation is 1. The lowest BCUT2D eigenvalue weighted by atomic mass is 9.96. The smallest absolute Gasteiger partial charge is 0.300 e. The Balaban J connectivity index is 1.90. The van der Waals surface area contributed by atoms with Crippen LogP contribution < -0.4 is 9.64 Å². The number of rotatable bonds is 4. The van der Waals surface area contributed by atoms with Crippen molar-refractivity contribution < 1.29 is 19.4 Å². The second-order valence-corrected chi connectivity index (χ2v) is 7.02. The molecule has 1 aromatic heterocycles. The molecule has 0 radical (unpaired) electrons. The summed E-state index contributed by atoms with van der Waals surface area (Å²) in [7, 11) is 1.55. The predicted octanol–water partition coefficient (Wildman–Crippen LogP) is 4.02. The minimum absolute atomic E-state index is 0.0349. The molecule has 1 N–H and O–H groups in total. The zero-order chi connectivity index (χ0) is 21.3. The summed E-state index contributed by atoms with van der Waals surface area (Å²) in [5.41, 5.74) is 2.68. The molecule has 2 heterocycles. The number of carbonyl (C=O) groups excluding carboxylic acids is 2. The highest BCUT2D eigenvalue weighted by atomic mass is 16.5. The summed E-state index contributed by atoms with van der Waals surface area (Å²) in [5.74, 6) is -1.02. The Morgan fingerprint density at radius 2 is 1.73 bits per heavy atom. The second kappa shape index (κ2) is 7.83. The molecule has 1 aliphatic heterocycles. The van der Waals surface area contributed by atoms with Crippen LogP contribution in [0.25, 0.3) is 5.76 Å². The van der Waals surface area contributed by atoms with Crippen LogP contribution in [0.15, 0.2) is 78.6 Å². The number of aromatic nitrogens is 1. The lowest BCUT2D eigenvalue weighted by Crippen LogP contribution is -2.29. The van der Waals surface area contributed by atoms with E-state index in [0.717, 1.165) is 5.56 Å². The Bertz CT molecular complexity index is 1120. The quantitative estimate of drug-likeness (QED) is 0.406. The maximum atomic E-state index is 13.0. The summed E-state index contributed by atoms with van der Waals surface area (Å²) < 4.78 is 5.19. The van der Waals surface area contributed by atoms with Crippen molar-refractivity contribution in [3.05, 3.63) is 95.3 Å². The van der Waals surface area contributed by atoms with Gasteiger partial charge in [-0.1, -0.05) is 35.9 Å². The van der Waals surface area contributed by atoms with Crippen molar-refractivity contribution in [1.29, 1.82) is 0 Å². The number of carbonyl (C=O) groups is 2. The van der Waals surface area contributed by atoms with Crippen LogP contribution in [0.2, 0.25) is 0 Å². The number of pyridine rings is 1. The van der Waals surface area contributed by atoms with Crippen molar-refractivity contribution in [3.8, 4) is 5.75 Å². The van der Waals surface area contributed by atoms with Gasteiger partial charge in [-0.25, -0.2) is 0 Å². The number of anilines is 1. The fourth-order valence-corrected chi connectivity index (χ4v) is 3.56. The number of hydrogen-bond acceptors (Lipinski definition) is 5. The third kappa shape index (κ3) is 3.33. The number of methoxy groups -OCH3 is 1. The van der Waals surface area contributed by atoms with Gasteiger partial charge < -0.3 is 9.84 Å². The highest BCUT2D eigenvalue weighted by Gasteiger charge is 2.47. The molecule has 6 heteroatoms. The molecule has 4 rings (SSSR count). The minimum Gasteiger partial charge on any atom is -0.507 e. The van der Waals surface area contributed by atoms with Gasteiger partial charge >= 0.3 is 0 Å². The summed E-state index contributed by atoms with van der Waals surface area (Å²) >= 11 is 0. The number of ether oxygens (including phenoxy) is 1. The Kier molecular flexibility index (Phi) is 5.06. The minimum atomic E-state index is -0.798. The van der Waals surface area contributed by atoms with E-state index in [1.807, 2.05) is 19.1 Å². The Morgan fingerprint density at radius 1 is 1.03 bits per heavy atom. The van der Waals surface area contributed by atoms with Crippen molar-refractivity contribution in [2.75, 3.05) is 12.0 Å². The van der Waals surface area contributed by atoms with Gasteiger partial charge in [0.05, 0.1) is 18.7 Å². The number of benzene rings is 2. The SMILES string of the molecule is COc1ccc(N2C(=O)C(=O)C(=C(O)c3ccc(C)cc3)[C@@H]2c2cccnc2)cc1. The van der Waals surface area contributed by atoms with Gasteiger partial charge in [-0.2, -0.15) is 0 Å². The molecule has 2 aromatic carbocycles. The van der Waals surface area contributed by atoms with Gasteiger partial charge in [0, 0.05) is 23.6 Å². The largest absolute Gasteiger partial charge is 0.507 e. The monoisotopic (exact) mass is 400 g/mol. The lowest BCUT2D eigenvalue weighted by molar-refractivity contribution is -0.132. The van der Waals surface area contributed by atoms with E-state index in [1.165, 1.54) is 4.90 Å². The molecule has 1 fully saturated rings. The zero-order valence-electron chi connectivity index (χ0n) is 16.6. The molecule has 3 aromatic rings. The molecule has 1 atom stereocenters. The van der Waals surface area contributed by atoms with Crippen LogP contribution >= 0.6 is 0 Å². The first-order chi connectivity index (χ1) is 14.5. The number of hydrogen-bond donors (Lipinski definition) is 1. The third-order valence-electron chi connectivity index (χ3n) is 5.12. The highest BCUT2D eigenvalue weighted by Crippen LogP contribution is 2.42. The first kappa shape index (κ1) is 19.4. The molecular formula is C24H20N2O4. The topological polar surface area (TPSA) is 79.7 Å². The van der Waals surface area contributed by atoms with E-state index in [9.17, 15) is 14.7 Å². The summed E-state index contributed by atoms with van der Waals surface area (Å²) in [6.45, 7) is 1.93. The molecule has 0 spiro atoms. The average Bonchev–Trinajstić information content (AvgIpc) is 3.05. The molecule has 0 unspecified atom stereocenters. The van der Waals surface area contributed by atoms with E-state index >= 15 is 0 Å². The maximum absolute atomic E-state index is 13.0. The molecule has 6 nitrogen and oxygen atoms in total. The van der Waals surface area contributed by atoms with Crippen LogP contribution in [0.5, 0.6) is 5.75 Å². The van der Waals surface area contributed by atoms with Crippen LogP contribution in [-0.2, 0) is 9.59 Å². The van der Waals surface area contributed by atoms with Gasteiger partial charge in [-0.15, -0.1) is 0 Å². The molecule has 1 aliphatic rings. The maximum Gasteiger partial charge on any atom is 0.300 e. The number of Topliss-reactive ketones (excluding diaryl/α,β-unsaturated/α-hetero) is 1. The fraction of sp³-hybridized carbons (Fsp3) is 0.125. The first-order valence-electron chi connectivity index (χ1n) is 9.43. The van der Waals surface area contributed by atoms with Crippen LogP contribution in [0.4, 0.5) is 5.69 Å².